The molecular formula is C13H19FN2. The zero-order valence-corrected chi connectivity index (χ0v) is 9.58. The van der Waals surface area contributed by atoms with E-state index in [1.165, 1.54) is 18.5 Å². The molecule has 2 nitrogen and oxygen atoms in total. The second-order valence-corrected chi connectivity index (χ2v) is 4.36. The molecule has 0 saturated carbocycles. The van der Waals surface area contributed by atoms with Gasteiger partial charge in [0.1, 0.15) is 5.82 Å². The second kappa shape index (κ2) is 5.30. The number of nitrogens with zero attached hydrogens (tertiary/aromatic N) is 1. The van der Waals surface area contributed by atoms with Crippen molar-refractivity contribution in [3.8, 4) is 0 Å². The number of halogens is 1. The van der Waals surface area contributed by atoms with Crippen LogP contribution in [0.3, 0.4) is 0 Å². The van der Waals surface area contributed by atoms with Crippen LogP contribution in [0.1, 0.15) is 24.8 Å². The van der Waals surface area contributed by atoms with Gasteiger partial charge in [-0.05, 0) is 56.0 Å². The summed E-state index contributed by atoms with van der Waals surface area (Å²) in [7, 11) is 0. The van der Waals surface area contributed by atoms with Gasteiger partial charge < -0.3 is 10.6 Å². The van der Waals surface area contributed by atoms with E-state index in [1.807, 2.05) is 6.07 Å². The van der Waals surface area contributed by atoms with Crippen molar-refractivity contribution in [2.24, 2.45) is 5.73 Å². The van der Waals surface area contributed by atoms with Gasteiger partial charge in [0, 0.05) is 18.8 Å². The average molecular weight is 222 g/mol. The van der Waals surface area contributed by atoms with Crippen LogP contribution < -0.4 is 10.6 Å². The third-order valence-electron chi connectivity index (χ3n) is 3.14. The van der Waals surface area contributed by atoms with Crippen LogP contribution in [0.4, 0.5) is 10.1 Å². The Balaban J connectivity index is 2.20. The van der Waals surface area contributed by atoms with E-state index < -0.39 is 0 Å². The van der Waals surface area contributed by atoms with E-state index in [4.69, 9.17) is 5.73 Å². The Bertz CT molecular complexity index is 346. The molecule has 1 aromatic carbocycles. The lowest BCUT2D eigenvalue weighted by Gasteiger charge is -2.21. The van der Waals surface area contributed by atoms with E-state index in [0.29, 0.717) is 6.54 Å². The summed E-state index contributed by atoms with van der Waals surface area (Å²) < 4.78 is 13.2. The third-order valence-corrected chi connectivity index (χ3v) is 3.14. The van der Waals surface area contributed by atoms with Crippen molar-refractivity contribution in [2.45, 2.75) is 25.7 Å². The fourth-order valence-electron chi connectivity index (χ4n) is 2.31. The summed E-state index contributed by atoms with van der Waals surface area (Å²) in [5.41, 5.74) is 7.82. The largest absolute Gasteiger partial charge is 0.371 e. The SMILES string of the molecule is NCCCc1cc(F)ccc1N1CCCC1. The lowest BCUT2D eigenvalue weighted by Crippen LogP contribution is -2.19. The summed E-state index contributed by atoms with van der Waals surface area (Å²) in [5.74, 6) is -0.144. The van der Waals surface area contributed by atoms with Crippen molar-refractivity contribution in [1.82, 2.24) is 0 Å². The number of rotatable bonds is 4. The Hall–Kier alpha value is -1.09. The Morgan fingerprint density at radius 1 is 1.25 bits per heavy atom. The minimum absolute atomic E-state index is 0.144. The fourth-order valence-corrected chi connectivity index (χ4v) is 2.31. The van der Waals surface area contributed by atoms with Crippen molar-refractivity contribution in [2.75, 3.05) is 24.5 Å². The van der Waals surface area contributed by atoms with E-state index in [2.05, 4.69) is 4.90 Å². The molecule has 1 heterocycles. The van der Waals surface area contributed by atoms with Crippen LogP contribution in [0.5, 0.6) is 0 Å². The summed E-state index contributed by atoms with van der Waals surface area (Å²) >= 11 is 0. The Kier molecular flexibility index (Phi) is 3.78. The van der Waals surface area contributed by atoms with E-state index in [0.717, 1.165) is 31.5 Å². The predicted octanol–water partition coefficient (Wildman–Crippen LogP) is 2.32. The first-order valence-electron chi connectivity index (χ1n) is 6.04. The number of hydrogen-bond donors (Lipinski definition) is 1. The summed E-state index contributed by atoms with van der Waals surface area (Å²) in [6.07, 6.45) is 4.28. The summed E-state index contributed by atoms with van der Waals surface area (Å²) in [4.78, 5) is 2.35. The van der Waals surface area contributed by atoms with Crippen LogP contribution in [-0.2, 0) is 6.42 Å². The van der Waals surface area contributed by atoms with Crippen LogP contribution in [0, 0.1) is 5.82 Å². The number of nitrogens with two attached hydrogens (primary N) is 1. The lowest BCUT2D eigenvalue weighted by atomic mass is 10.1. The van der Waals surface area contributed by atoms with E-state index in [-0.39, 0.29) is 5.82 Å². The van der Waals surface area contributed by atoms with Crippen molar-refractivity contribution in [3.05, 3.63) is 29.6 Å². The van der Waals surface area contributed by atoms with Crippen LogP contribution in [-0.4, -0.2) is 19.6 Å². The third kappa shape index (κ3) is 2.53. The molecule has 1 aliphatic heterocycles. The molecule has 2 rings (SSSR count). The number of anilines is 1. The molecule has 0 spiro atoms. The quantitative estimate of drug-likeness (QED) is 0.847. The normalized spacial score (nSPS) is 15.8. The first-order chi connectivity index (χ1) is 7.81. The fraction of sp³-hybridized carbons (Fsp3) is 0.538. The molecule has 1 aliphatic rings. The van der Waals surface area contributed by atoms with Crippen molar-refractivity contribution < 1.29 is 4.39 Å². The Morgan fingerprint density at radius 3 is 2.69 bits per heavy atom. The summed E-state index contributed by atoms with van der Waals surface area (Å²) in [5, 5.41) is 0. The molecule has 0 atom stereocenters. The molecule has 1 saturated heterocycles. The highest BCUT2D eigenvalue weighted by Gasteiger charge is 2.15. The minimum atomic E-state index is -0.144. The summed E-state index contributed by atoms with van der Waals surface area (Å²) in [6.45, 7) is 2.86. The minimum Gasteiger partial charge on any atom is -0.371 e. The van der Waals surface area contributed by atoms with Crippen LogP contribution in [0.25, 0.3) is 0 Å². The van der Waals surface area contributed by atoms with Crippen LogP contribution >= 0.6 is 0 Å². The van der Waals surface area contributed by atoms with Crippen molar-refractivity contribution >= 4 is 5.69 Å². The van der Waals surface area contributed by atoms with Crippen LogP contribution in [0.15, 0.2) is 18.2 Å². The maximum atomic E-state index is 13.2. The highest BCUT2D eigenvalue weighted by molar-refractivity contribution is 5.54. The van der Waals surface area contributed by atoms with Gasteiger partial charge in [0.05, 0.1) is 0 Å². The van der Waals surface area contributed by atoms with Crippen LogP contribution in [0.2, 0.25) is 0 Å². The highest BCUT2D eigenvalue weighted by Crippen LogP contribution is 2.26. The van der Waals surface area contributed by atoms with Crippen molar-refractivity contribution in [1.29, 1.82) is 0 Å². The van der Waals surface area contributed by atoms with Gasteiger partial charge in [-0.2, -0.15) is 0 Å². The molecule has 16 heavy (non-hydrogen) atoms. The molecular weight excluding hydrogens is 203 g/mol. The molecule has 88 valence electrons. The average Bonchev–Trinajstić information content (AvgIpc) is 2.80. The predicted molar refractivity (Wildman–Crippen MR) is 65.2 cm³/mol. The van der Waals surface area contributed by atoms with Gasteiger partial charge in [-0.25, -0.2) is 4.39 Å². The maximum absolute atomic E-state index is 13.2. The van der Waals surface area contributed by atoms with E-state index in [1.54, 1.807) is 12.1 Å². The summed E-state index contributed by atoms with van der Waals surface area (Å²) in [6, 6.07) is 5.12. The monoisotopic (exact) mass is 222 g/mol. The molecule has 0 amide bonds. The maximum Gasteiger partial charge on any atom is 0.123 e. The first kappa shape index (κ1) is 11.4. The van der Waals surface area contributed by atoms with E-state index >= 15 is 0 Å². The Morgan fingerprint density at radius 2 is 2.00 bits per heavy atom. The number of hydrogen-bond acceptors (Lipinski definition) is 2. The highest BCUT2D eigenvalue weighted by atomic mass is 19.1. The van der Waals surface area contributed by atoms with Gasteiger partial charge in [0.15, 0.2) is 0 Å². The number of aryl methyl sites for hydroxylation is 1. The van der Waals surface area contributed by atoms with Gasteiger partial charge in [0.25, 0.3) is 0 Å². The van der Waals surface area contributed by atoms with Gasteiger partial charge in [0.2, 0.25) is 0 Å². The van der Waals surface area contributed by atoms with Crippen molar-refractivity contribution in [3.63, 3.8) is 0 Å². The van der Waals surface area contributed by atoms with E-state index in [9.17, 15) is 4.39 Å². The molecule has 2 N–H and O–H groups in total. The van der Waals surface area contributed by atoms with Gasteiger partial charge in [-0.3, -0.25) is 0 Å². The second-order valence-electron chi connectivity index (χ2n) is 4.36. The zero-order chi connectivity index (χ0) is 11.4. The first-order valence-corrected chi connectivity index (χ1v) is 6.04. The molecule has 0 unspecified atom stereocenters. The zero-order valence-electron chi connectivity index (χ0n) is 9.58. The topological polar surface area (TPSA) is 29.3 Å². The number of benzene rings is 1. The smallest absolute Gasteiger partial charge is 0.123 e. The van der Waals surface area contributed by atoms with Gasteiger partial charge >= 0.3 is 0 Å². The molecule has 0 aliphatic carbocycles. The molecule has 3 heteroatoms. The standard InChI is InChI=1S/C13H19FN2/c14-12-5-6-13(16-8-1-2-9-16)11(10-12)4-3-7-15/h5-6,10H,1-4,7-9,15H2. The molecule has 1 fully saturated rings. The molecule has 0 aromatic heterocycles. The Labute approximate surface area is 96.2 Å². The lowest BCUT2D eigenvalue weighted by molar-refractivity contribution is 0.624. The van der Waals surface area contributed by atoms with Gasteiger partial charge in [-0.1, -0.05) is 0 Å². The molecule has 1 aromatic rings. The molecule has 0 bridgehead atoms. The van der Waals surface area contributed by atoms with Gasteiger partial charge in [-0.15, -0.1) is 0 Å². The molecule has 0 radical (unpaired) electrons.